The minimum Gasteiger partial charge on any atom is -0.357 e. The Hall–Kier alpha value is -2.37. The third-order valence-electron chi connectivity index (χ3n) is 3.55. The van der Waals surface area contributed by atoms with Crippen LogP contribution in [0.1, 0.15) is 44.0 Å². The molecule has 1 aromatic heterocycles. The van der Waals surface area contributed by atoms with E-state index in [1.54, 1.807) is 0 Å². The van der Waals surface area contributed by atoms with Gasteiger partial charge in [0.2, 0.25) is 5.89 Å². The van der Waals surface area contributed by atoms with E-state index >= 15 is 0 Å². The van der Waals surface area contributed by atoms with Gasteiger partial charge in [0, 0.05) is 32.5 Å². The number of nitrogens with zero attached hydrogens (tertiary/aromatic N) is 4. The molecule has 24 heavy (non-hydrogen) atoms. The van der Waals surface area contributed by atoms with Gasteiger partial charge in [-0.3, -0.25) is 4.99 Å². The van der Waals surface area contributed by atoms with E-state index in [-0.39, 0.29) is 5.92 Å². The fourth-order valence-electron chi connectivity index (χ4n) is 2.26. The Labute approximate surface area is 144 Å². The van der Waals surface area contributed by atoms with E-state index in [0.29, 0.717) is 18.9 Å². The molecule has 1 N–H and O–H groups in total. The van der Waals surface area contributed by atoms with Crippen molar-refractivity contribution < 1.29 is 4.52 Å². The molecule has 6 heteroatoms. The van der Waals surface area contributed by atoms with Gasteiger partial charge in [0.15, 0.2) is 11.8 Å². The van der Waals surface area contributed by atoms with Crippen LogP contribution in [0.2, 0.25) is 0 Å². The molecule has 2 rings (SSSR count). The topological polar surface area (TPSA) is 66.5 Å². The maximum atomic E-state index is 5.26. The second kappa shape index (κ2) is 9.05. The summed E-state index contributed by atoms with van der Waals surface area (Å²) in [6.45, 7) is 8.42. The van der Waals surface area contributed by atoms with Crippen LogP contribution in [0, 0.1) is 0 Å². The van der Waals surface area contributed by atoms with Gasteiger partial charge in [-0.25, -0.2) is 0 Å². The zero-order chi connectivity index (χ0) is 17.4. The Morgan fingerprint density at radius 1 is 1.29 bits per heavy atom. The predicted octanol–water partition coefficient (Wildman–Crippen LogP) is 2.83. The Morgan fingerprint density at radius 3 is 2.67 bits per heavy atom. The van der Waals surface area contributed by atoms with Crippen LogP contribution in [0.15, 0.2) is 39.8 Å². The predicted molar refractivity (Wildman–Crippen MR) is 96.0 cm³/mol. The lowest BCUT2D eigenvalue weighted by Crippen LogP contribution is -2.38. The van der Waals surface area contributed by atoms with Gasteiger partial charge in [-0.05, 0) is 12.5 Å². The molecule has 0 radical (unpaired) electrons. The van der Waals surface area contributed by atoms with Crippen molar-refractivity contribution in [2.75, 3.05) is 20.1 Å². The maximum Gasteiger partial charge on any atom is 0.228 e. The fraction of sp³-hybridized carbons (Fsp3) is 0.500. The third-order valence-corrected chi connectivity index (χ3v) is 3.55. The minimum absolute atomic E-state index is 0.278. The highest BCUT2D eigenvalue weighted by atomic mass is 16.5. The quantitative estimate of drug-likeness (QED) is 0.625. The van der Waals surface area contributed by atoms with E-state index in [4.69, 9.17) is 4.52 Å². The van der Waals surface area contributed by atoms with Crippen molar-refractivity contribution in [2.24, 2.45) is 4.99 Å². The summed E-state index contributed by atoms with van der Waals surface area (Å²) in [6, 6.07) is 10.4. The molecule has 0 fully saturated rings. The first-order chi connectivity index (χ1) is 11.6. The molecule has 130 valence electrons. The first-order valence-electron chi connectivity index (χ1n) is 8.46. The normalized spacial score (nSPS) is 11.8. The molecule has 0 unspecified atom stereocenters. The van der Waals surface area contributed by atoms with Gasteiger partial charge in [0.05, 0.1) is 6.54 Å². The van der Waals surface area contributed by atoms with Crippen molar-refractivity contribution in [3.8, 4) is 0 Å². The monoisotopic (exact) mass is 329 g/mol. The second-order valence-corrected chi connectivity index (χ2v) is 6.03. The molecule has 0 aliphatic carbocycles. The summed E-state index contributed by atoms with van der Waals surface area (Å²) < 4.78 is 5.26. The van der Waals surface area contributed by atoms with Crippen LogP contribution in [0.25, 0.3) is 0 Å². The van der Waals surface area contributed by atoms with Gasteiger partial charge in [-0.1, -0.05) is 49.3 Å². The molecule has 1 heterocycles. The average Bonchev–Trinajstić information content (AvgIpc) is 3.04. The Kier molecular flexibility index (Phi) is 6.78. The van der Waals surface area contributed by atoms with Crippen molar-refractivity contribution in [1.82, 2.24) is 20.4 Å². The van der Waals surface area contributed by atoms with Crippen molar-refractivity contribution in [3.05, 3.63) is 47.6 Å². The number of benzene rings is 1. The van der Waals surface area contributed by atoms with Crippen LogP contribution in [0.3, 0.4) is 0 Å². The Morgan fingerprint density at radius 2 is 2.04 bits per heavy atom. The largest absolute Gasteiger partial charge is 0.357 e. The zero-order valence-electron chi connectivity index (χ0n) is 15.0. The van der Waals surface area contributed by atoms with Crippen LogP contribution in [-0.4, -0.2) is 41.1 Å². The van der Waals surface area contributed by atoms with E-state index in [2.05, 4.69) is 70.4 Å². The number of guanidine groups is 1. The standard InChI is InChI=1S/C18H27N5O/c1-5-19-18(23(4)13-15-9-7-6-8-10-15)20-12-11-16-21-17(14(2)3)22-24-16/h6-10,14H,5,11-13H2,1-4H3,(H,19,20). The van der Waals surface area contributed by atoms with E-state index in [0.717, 1.165) is 24.9 Å². The number of hydrogen-bond acceptors (Lipinski definition) is 4. The Bertz CT molecular complexity index is 636. The molecule has 0 aliphatic heterocycles. The number of aliphatic imine (C=N–C) groups is 1. The smallest absolute Gasteiger partial charge is 0.228 e. The Balaban J connectivity index is 1.93. The molecular weight excluding hydrogens is 302 g/mol. The third kappa shape index (κ3) is 5.37. The first-order valence-corrected chi connectivity index (χ1v) is 8.46. The lowest BCUT2D eigenvalue weighted by atomic mass is 10.2. The average molecular weight is 329 g/mol. The van der Waals surface area contributed by atoms with Gasteiger partial charge >= 0.3 is 0 Å². The van der Waals surface area contributed by atoms with E-state index in [1.807, 2.05) is 13.1 Å². The van der Waals surface area contributed by atoms with Crippen LogP contribution in [0.4, 0.5) is 0 Å². The van der Waals surface area contributed by atoms with Gasteiger partial charge in [-0.15, -0.1) is 0 Å². The van der Waals surface area contributed by atoms with Crippen molar-refractivity contribution in [3.63, 3.8) is 0 Å². The molecule has 1 aromatic carbocycles. The molecule has 0 saturated heterocycles. The molecular formula is C18H27N5O. The van der Waals surface area contributed by atoms with Gasteiger partial charge in [0.25, 0.3) is 0 Å². The van der Waals surface area contributed by atoms with E-state index in [1.165, 1.54) is 5.56 Å². The van der Waals surface area contributed by atoms with Gasteiger partial charge < -0.3 is 14.7 Å². The number of rotatable bonds is 7. The molecule has 6 nitrogen and oxygen atoms in total. The summed E-state index contributed by atoms with van der Waals surface area (Å²) in [4.78, 5) is 11.2. The number of aromatic nitrogens is 2. The molecule has 0 bridgehead atoms. The zero-order valence-corrected chi connectivity index (χ0v) is 15.0. The number of nitrogens with one attached hydrogen (secondary N) is 1. The highest BCUT2D eigenvalue weighted by molar-refractivity contribution is 5.79. The maximum absolute atomic E-state index is 5.26. The minimum atomic E-state index is 0.278. The van der Waals surface area contributed by atoms with E-state index in [9.17, 15) is 0 Å². The summed E-state index contributed by atoms with van der Waals surface area (Å²) in [7, 11) is 2.04. The fourth-order valence-corrected chi connectivity index (χ4v) is 2.26. The molecule has 0 saturated carbocycles. The summed E-state index contributed by atoms with van der Waals surface area (Å²) in [5.41, 5.74) is 1.25. The van der Waals surface area contributed by atoms with Crippen LogP contribution in [-0.2, 0) is 13.0 Å². The molecule has 0 amide bonds. The summed E-state index contributed by atoms with van der Waals surface area (Å²) in [6.07, 6.45) is 0.647. The van der Waals surface area contributed by atoms with Crippen molar-refractivity contribution in [2.45, 2.75) is 39.7 Å². The molecule has 0 spiro atoms. The first kappa shape index (κ1) is 18.0. The van der Waals surface area contributed by atoms with Crippen LogP contribution in [0.5, 0.6) is 0 Å². The summed E-state index contributed by atoms with van der Waals surface area (Å²) >= 11 is 0. The highest BCUT2D eigenvalue weighted by Gasteiger charge is 2.10. The second-order valence-electron chi connectivity index (χ2n) is 6.03. The SMILES string of the molecule is CCNC(=NCCc1nc(C(C)C)no1)N(C)Cc1ccccc1. The highest BCUT2D eigenvalue weighted by Crippen LogP contribution is 2.10. The van der Waals surface area contributed by atoms with E-state index < -0.39 is 0 Å². The van der Waals surface area contributed by atoms with Crippen LogP contribution >= 0.6 is 0 Å². The van der Waals surface area contributed by atoms with Gasteiger partial charge in [-0.2, -0.15) is 4.98 Å². The van der Waals surface area contributed by atoms with Crippen molar-refractivity contribution in [1.29, 1.82) is 0 Å². The lowest BCUT2D eigenvalue weighted by molar-refractivity contribution is 0.372. The molecule has 0 aliphatic rings. The van der Waals surface area contributed by atoms with Gasteiger partial charge in [0.1, 0.15) is 0 Å². The lowest BCUT2D eigenvalue weighted by Gasteiger charge is -2.22. The summed E-state index contributed by atoms with van der Waals surface area (Å²) in [5, 5.41) is 7.30. The van der Waals surface area contributed by atoms with Crippen molar-refractivity contribution >= 4 is 5.96 Å². The molecule has 2 aromatic rings. The number of hydrogen-bond donors (Lipinski definition) is 1. The molecule has 0 atom stereocenters. The van der Waals surface area contributed by atoms with Crippen LogP contribution < -0.4 is 5.32 Å². The summed E-state index contributed by atoms with van der Waals surface area (Å²) in [5.74, 6) is 2.55.